The third-order valence-electron chi connectivity index (χ3n) is 2.57. The molecule has 1 unspecified atom stereocenters. The Kier molecular flexibility index (Phi) is 2.50. The summed E-state index contributed by atoms with van der Waals surface area (Å²) in [6, 6.07) is 9.91. The van der Waals surface area contributed by atoms with Crippen molar-refractivity contribution in [2.75, 3.05) is 6.61 Å². The second-order valence-electron chi connectivity index (χ2n) is 3.51. The van der Waals surface area contributed by atoms with Gasteiger partial charge in [-0.05, 0) is 12.5 Å². The number of halogens is 2. The van der Waals surface area contributed by atoms with Gasteiger partial charge in [0.15, 0.2) is 4.33 Å². The van der Waals surface area contributed by atoms with E-state index >= 15 is 0 Å². The molecule has 1 aromatic rings. The SMILES string of the molecule is CCOC1(c2ccccc2)CC1(Cl)Cl. The molecule has 1 aromatic carbocycles. The molecule has 0 aliphatic heterocycles. The van der Waals surface area contributed by atoms with Crippen molar-refractivity contribution in [2.45, 2.75) is 23.3 Å². The normalized spacial score (nSPS) is 28.8. The molecule has 0 bridgehead atoms. The van der Waals surface area contributed by atoms with E-state index in [1.54, 1.807) is 0 Å². The fourth-order valence-electron chi connectivity index (χ4n) is 1.78. The molecule has 1 nitrogen and oxygen atoms in total. The molecule has 0 heterocycles. The molecule has 0 aromatic heterocycles. The summed E-state index contributed by atoms with van der Waals surface area (Å²) in [6.07, 6.45) is 0.668. The summed E-state index contributed by atoms with van der Waals surface area (Å²) < 4.78 is 4.92. The van der Waals surface area contributed by atoms with Gasteiger partial charge in [0.2, 0.25) is 0 Å². The van der Waals surface area contributed by atoms with Crippen LogP contribution < -0.4 is 0 Å². The molecule has 3 heteroatoms. The van der Waals surface area contributed by atoms with Gasteiger partial charge in [-0.1, -0.05) is 53.5 Å². The van der Waals surface area contributed by atoms with Gasteiger partial charge >= 0.3 is 0 Å². The molecule has 0 spiro atoms. The highest BCUT2D eigenvalue weighted by atomic mass is 35.5. The highest BCUT2D eigenvalue weighted by Gasteiger charge is 2.68. The van der Waals surface area contributed by atoms with Crippen LogP contribution in [0.4, 0.5) is 0 Å². The van der Waals surface area contributed by atoms with Crippen molar-refractivity contribution in [1.82, 2.24) is 0 Å². The minimum atomic E-state index is -0.760. The van der Waals surface area contributed by atoms with E-state index in [9.17, 15) is 0 Å². The van der Waals surface area contributed by atoms with E-state index in [1.807, 2.05) is 37.3 Å². The average Bonchev–Trinajstić information content (AvgIpc) is 2.72. The lowest BCUT2D eigenvalue weighted by Gasteiger charge is -2.18. The molecule has 1 saturated carbocycles. The van der Waals surface area contributed by atoms with Gasteiger partial charge in [0.05, 0.1) is 0 Å². The Hall–Kier alpha value is -0.240. The molecule has 1 atom stereocenters. The number of hydrogen-bond acceptors (Lipinski definition) is 1. The predicted octanol–water partition coefficient (Wildman–Crippen LogP) is 3.50. The Morgan fingerprint density at radius 2 is 1.86 bits per heavy atom. The maximum absolute atomic E-state index is 6.12. The van der Waals surface area contributed by atoms with Crippen molar-refractivity contribution in [3.63, 3.8) is 0 Å². The molecular weight excluding hydrogens is 219 g/mol. The van der Waals surface area contributed by atoms with Crippen LogP contribution in [0.2, 0.25) is 0 Å². The van der Waals surface area contributed by atoms with Crippen LogP contribution in [0.5, 0.6) is 0 Å². The molecule has 0 amide bonds. The summed E-state index contributed by atoms with van der Waals surface area (Å²) in [5.74, 6) is 0. The number of benzene rings is 1. The summed E-state index contributed by atoms with van der Waals surface area (Å²) in [7, 11) is 0. The molecule has 1 aliphatic rings. The molecule has 76 valence electrons. The molecule has 0 radical (unpaired) electrons. The van der Waals surface area contributed by atoms with Crippen LogP contribution >= 0.6 is 23.2 Å². The highest BCUT2D eigenvalue weighted by molar-refractivity contribution is 6.52. The van der Waals surface area contributed by atoms with Crippen LogP contribution in [0, 0.1) is 0 Å². The molecular formula is C11H12Cl2O. The quantitative estimate of drug-likeness (QED) is 0.723. The summed E-state index contributed by atoms with van der Waals surface area (Å²) in [5, 5.41) is 0. The van der Waals surface area contributed by atoms with Crippen molar-refractivity contribution < 1.29 is 4.74 Å². The third-order valence-corrected chi connectivity index (χ3v) is 3.45. The predicted molar refractivity (Wildman–Crippen MR) is 58.8 cm³/mol. The lowest BCUT2D eigenvalue weighted by atomic mass is 10.1. The van der Waals surface area contributed by atoms with Gasteiger partial charge < -0.3 is 4.74 Å². The van der Waals surface area contributed by atoms with Gasteiger partial charge in [-0.15, -0.1) is 0 Å². The highest BCUT2D eigenvalue weighted by Crippen LogP contribution is 2.65. The van der Waals surface area contributed by atoms with Crippen molar-refractivity contribution in [2.24, 2.45) is 0 Å². The van der Waals surface area contributed by atoms with Gasteiger partial charge in [-0.2, -0.15) is 0 Å². The molecule has 1 aliphatic carbocycles. The lowest BCUT2D eigenvalue weighted by Crippen LogP contribution is -2.19. The zero-order valence-electron chi connectivity index (χ0n) is 7.97. The summed E-state index contributed by atoms with van der Waals surface area (Å²) >= 11 is 12.2. The van der Waals surface area contributed by atoms with Crippen LogP contribution in [0.15, 0.2) is 30.3 Å². The third kappa shape index (κ3) is 1.44. The maximum atomic E-state index is 6.12. The fraction of sp³-hybridized carbons (Fsp3) is 0.455. The minimum Gasteiger partial charge on any atom is -0.367 e. The Bertz CT molecular complexity index is 323. The van der Waals surface area contributed by atoms with E-state index in [0.29, 0.717) is 13.0 Å². The minimum absolute atomic E-state index is 0.480. The smallest absolute Gasteiger partial charge is 0.154 e. The topological polar surface area (TPSA) is 9.23 Å². The van der Waals surface area contributed by atoms with E-state index in [2.05, 4.69) is 0 Å². The van der Waals surface area contributed by atoms with E-state index in [-0.39, 0.29) is 0 Å². The van der Waals surface area contributed by atoms with E-state index in [0.717, 1.165) is 5.56 Å². The van der Waals surface area contributed by atoms with Crippen LogP contribution in [0.3, 0.4) is 0 Å². The molecule has 2 rings (SSSR count). The molecule has 0 N–H and O–H groups in total. The molecule has 1 fully saturated rings. The van der Waals surface area contributed by atoms with E-state index < -0.39 is 9.93 Å². The Morgan fingerprint density at radius 3 is 2.29 bits per heavy atom. The van der Waals surface area contributed by atoms with Crippen LogP contribution in [-0.2, 0) is 10.3 Å². The summed E-state index contributed by atoms with van der Waals surface area (Å²) in [5.41, 5.74) is 0.582. The standard InChI is InChI=1S/C11H12Cl2O/c1-2-14-10(8-11(10,12)13)9-6-4-3-5-7-9/h3-7H,2,8H2,1H3. The van der Waals surface area contributed by atoms with E-state index in [1.165, 1.54) is 0 Å². The molecule has 0 saturated heterocycles. The maximum Gasteiger partial charge on any atom is 0.154 e. The van der Waals surface area contributed by atoms with Crippen LogP contribution in [-0.4, -0.2) is 10.9 Å². The van der Waals surface area contributed by atoms with Crippen molar-refractivity contribution in [3.05, 3.63) is 35.9 Å². The monoisotopic (exact) mass is 230 g/mol. The van der Waals surface area contributed by atoms with Gasteiger partial charge in [-0.25, -0.2) is 0 Å². The van der Waals surface area contributed by atoms with Gasteiger partial charge in [0.1, 0.15) is 5.60 Å². The first kappa shape index (κ1) is 10.3. The summed E-state index contributed by atoms with van der Waals surface area (Å²) in [4.78, 5) is 0. The van der Waals surface area contributed by atoms with E-state index in [4.69, 9.17) is 27.9 Å². The molecule has 14 heavy (non-hydrogen) atoms. The van der Waals surface area contributed by atoms with Crippen molar-refractivity contribution in [1.29, 1.82) is 0 Å². The second-order valence-corrected chi connectivity index (χ2v) is 4.99. The Labute approximate surface area is 94.0 Å². The number of rotatable bonds is 3. The van der Waals surface area contributed by atoms with Gasteiger partial charge in [0, 0.05) is 13.0 Å². The second kappa shape index (κ2) is 3.41. The summed E-state index contributed by atoms with van der Waals surface area (Å²) in [6.45, 7) is 2.57. The zero-order chi connectivity index (χ0) is 10.2. The number of alkyl halides is 2. The van der Waals surface area contributed by atoms with Crippen molar-refractivity contribution >= 4 is 23.2 Å². The first-order chi connectivity index (χ1) is 6.62. The first-order valence-electron chi connectivity index (χ1n) is 4.70. The van der Waals surface area contributed by atoms with Gasteiger partial charge in [-0.3, -0.25) is 0 Å². The number of ether oxygens (including phenoxy) is 1. The van der Waals surface area contributed by atoms with Crippen molar-refractivity contribution in [3.8, 4) is 0 Å². The lowest BCUT2D eigenvalue weighted by molar-refractivity contribution is 0.0373. The zero-order valence-corrected chi connectivity index (χ0v) is 9.48. The Morgan fingerprint density at radius 1 is 1.29 bits per heavy atom. The van der Waals surface area contributed by atoms with Gasteiger partial charge in [0.25, 0.3) is 0 Å². The largest absolute Gasteiger partial charge is 0.367 e. The number of hydrogen-bond donors (Lipinski definition) is 0. The van der Waals surface area contributed by atoms with Crippen LogP contribution in [0.25, 0.3) is 0 Å². The van der Waals surface area contributed by atoms with Crippen LogP contribution in [0.1, 0.15) is 18.9 Å². The average molecular weight is 231 g/mol. The Balaban J connectivity index is 2.31. The first-order valence-corrected chi connectivity index (χ1v) is 5.45. The fourth-order valence-corrected chi connectivity index (χ4v) is 2.48.